The Morgan fingerprint density at radius 1 is 0.523 bits per heavy atom. The molecule has 0 saturated carbocycles. The van der Waals surface area contributed by atoms with Crippen LogP contribution in [0.2, 0.25) is 0 Å². The Morgan fingerprint density at radius 3 is 1.80 bits per heavy atom. The Morgan fingerprint density at radius 2 is 1.14 bits per heavy atom. The second kappa shape index (κ2) is 7.83. The van der Waals surface area contributed by atoms with Gasteiger partial charge in [-0.2, -0.15) is 0 Å². The van der Waals surface area contributed by atoms with Crippen LogP contribution in [-0.2, 0) is 10.8 Å². The molecule has 0 saturated heterocycles. The molecule has 0 spiro atoms. The number of nitrogens with zero attached hydrogens (tertiary/aromatic N) is 4. The maximum absolute atomic E-state index is 4.88. The second-order valence-corrected chi connectivity index (χ2v) is 13.6. The van der Waals surface area contributed by atoms with Crippen molar-refractivity contribution >= 4 is 43.6 Å². The van der Waals surface area contributed by atoms with E-state index in [0.717, 1.165) is 5.69 Å². The molecule has 0 amide bonds. The largest absolute Gasteiger partial charge is 0.307 e. The van der Waals surface area contributed by atoms with E-state index < -0.39 is 0 Å². The Kier molecular flexibility index (Phi) is 4.32. The van der Waals surface area contributed by atoms with Crippen LogP contribution in [0.15, 0.2) is 110 Å². The van der Waals surface area contributed by atoms with Gasteiger partial charge >= 0.3 is 0 Å². The molecule has 0 N–H and O–H groups in total. The average molecular weight is 567 g/mol. The van der Waals surface area contributed by atoms with E-state index in [2.05, 4.69) is 133 Å². The van der Waals surface area contributed by atoms with Crippen LogP contribution in [0.4, 0.5) is 0 Å². The fourth-order valence-corrected chi connectivity index (χ4v) is 8.43. The molecular formula is C40H30N4. The maximum atomic E-state index is 4.88. The lowest BCUT2D eigenvalue weighted by Gasteiger charge is -2.34. The van der Waals surface area contributed by atoms with Crippen LogP contribution in [-0.4, -0.2) is 19.1 Å². The molecule has 2 aliphatic rings. The highest BCUT2D eigenvalue weighted by molar-refractivity contribution is 6.14. The predicted molar refractivity (Wildman–Crippen MR) is 180 cm³/mol. The standard InChI is InChI=1S/C40H30N4/c1-39(2)29-17-19-41-22-35(29)44-33-16-14-24(21-28(33)25-8-5-10-30(39)36(25)44)23-13-15-32-27(20-23)26-9-6-11-31-37(26)43(32)34-12-7-18-42-38(34)40(31,3)4/h5-22H,1-4H3. The van der Waals surface area contributed by atoms with Crippen molar-refractivity contribution in [1.82, 2.24) is 19.1 Å². The summed E-state index contributed by atoms with van der Waals surface area (Å²) in [5.41, 5.74) is 14.7. The summed E-state index contributed by atoms with van der Waals surface area (Å²) >= 11 is 0. The quantitative estimate of drug-likeness (QED) is 0.198. The van der Waals surface area contributed by atoms with Gasteiger partial charge in [-0.25, -0.2) is 0 Å². The van der Waals surface area contributed by atoms with Gasteiger partial charge in [0.1, 0.15) is 0 Å². The van der Waals surface area contributed by atoms with Crippen molar-refractivity contribution < 1.29 is 0 Å². The van der Waals surface area contributed by atoms with Crippen LogP contribution in [0.3, 0.4) is 0 Å². The van der Waals surface area contributed by atoms with Crippen molar-refractivity contribution in [2.45, 2.75) is 38.5 Å². The molecule has 0 bridgehead atoms. The molecule has 0 atom stereocenters. The van der Waals surface area contributed by atoms with Crippen LogP contribution in [0.5, 0.6) is 0 Å². The molecule has 4 aromatic heterocycles. The third kappa shape index (κ3) is 2.75. The van der Waals surface area contributed by atoms with Crippen LogP contribution in [0.1, 0.15) is 50.1 Å². The van der Waals surface area contributed by atoms with Crippen molar-refractivity contribution in [3.05, 3.63) is 132 Å². The van der Waals surface area contributed by atoms with Gasteiger partial charge in [-0.3, -0.25) is 9.97 Å². The molecule has 44 heavy (non-hydrogen) atoms. The summed E-state index contributed by atoms with van der Waals surface area (Å²) in [4.78, 5) is 9.42. The summed E-state index contributed by atoms with van der Waals surface area (Å²) in [6.07, 6.45) is 5.87. The van der Waals surface area contributed by atoms with Gasteiger partial charge in [-0.05, 0) is 84.1 Å². The van der Waals surface area contributed by atoms with E-state index in [9.17, 15) is 0 Å². The predicted octanol–water partition coefficient (Wildman–Crippen LogP) is 9.62. The summed E-state index contributed by atoms with van der Waals surface area (Å²) in [5, 5.41) is 5.13. The molecule has 8 aromatic rings. The van der Waals surface area contributed by atoms with Crippen molar-refractivity contribution in [3.63, 3.8) is 0 Å². The third-order valence-corrected chi connectivity index (χ3v) is 10.6. The fourth-order valence-electron chi connectivity index (χ4n) is 8.43. The van der Waals surface area contributed by atoms with Crippen LogP contribution in [0, 0.1) is 0 Å². The number of hydrogen-bond donors (Lipinski definition) is 0. The van der Waals surface area contributed by atoms with Crippen LogP contribution < -0.4 is 0 Å². The van der Waals surface area contributed by atoms with Crippen molar-refractivity contribution in [2.24, 2.45) is 0 Å². The molecule has 0 fully saturated rings. The molecule has 2 aliphatic heterocycles. The summed E-state index contributed by atoms with van der Waals surface area (Å²) in [7, 11) is 0. The minimum Gasteiger partial charge on any atom is -0.307 e. The lowest BCUT2D eigenvalue weighted by atomic mass is 9.75. The van der Waals surface area contributed by atoms with Gasteiger partial charge < -0.3 is 9.13 Å². The van der Waals surface area contributed by atoms with Gasteiger partial charge in [0.2, 0.25) is 0 Å². The Bertz CT molecular complexity index is 2380. The Balaban J connectivity index is 1.24. The molecule has 4 aromatic carbocycles. The molecule has 0 radical (unpaired) electrons. The fraction of sp³-hybridized carbons (Fsp3) is 0.150. The van der Waals surface area contributed by atoms with E-state index >= 15 is 0 Å². The highest BCUT2D eigenvalue weighted by atomic mass is 15.0. The average Bonchev–Trinajstić information content (AvgIpc) is 3.56. The molecule has 4 nitrogen and oxygen atoms in total. The van der Waals surface area contributed by atoms with Gasteiger partial charge in [-0.15, -0.1) is 0 Å². The van der Waals surface area contributed by atoms with Crippen LogP contribution in [0.25, 0.3) is 66.1 Å². The number of fused-ring (bicyclic) bond motifs is 10. The lowest BCUT2D eigenvalue weighted by Crippen LogP contribution is -2.27. The van der Waals surface area contributed by atoms with Gasteiger partial charge in [0.15, 0.2) is 0 Å². The number of pyridine rings is 2. The van der Waals surface area contributed by atoms with Crippen molar-refractivity contribution in [1.29, 1.82) is 0 Å². The molecule has 0 unspecified atom stereocenters. The maximum Gasteiger partial charge on any atom is 0.0744 e. The first-order valence-corrected chi connectivity index (χ1v) is 15.4. The number of benzene rings is 4. The minimum atomic E-state index is -0.173. The normalized spacial score (nSPS) is 15.6. The number of aromatic nitrogens is 4. The summed E-state index contributed by atoms with van der Waals surface area (Å²) in [6, 6.07) is 33.9. The third-order valence-electron chi connectivity index (χ3n) is 10.6. The Hall–Kier alpha value is -5.22. The summed E-state index contributed by atoms with van der Waals surface area (Å²) < 4.78 is 4.86. The SMILES string of the molecule is CC1(C)c2ccncc2-n2c3ccc(-c4ccc5c(c4)c4cccc6c4n5-c4cccnc4C6(C)C)cc3c3cccc1c32. The smallest absolute Gasteiger partial charge is 0.0744 e. The van der Waals surface area contributed by atoms with Crippen molar-refractivity contribution in [3.8, 4) is 22.5 Å². The van der Waals surface area contributed by atoms with Gasteiger partial charge in [0, 0.05) is 44.8 Å². The van der Waals surface area contributed by atoms with E-state index in [1.54, 1.807) is 0 Å². The molecule has 10 rings (SSSR count). The van der Waals surface area contributed by atoms with Gasteiger partial charge in [-0.1, -0.05) is 62.4 Å². The number of rotatable bonds is 1. The van der Waals surface area contributed by atoms with Gasteiger partial charge in [0.25, 0.3) is 0 Å². The van der Waals surface area contributed by atoms with E-state index in [0.29, 0.717) is 0 Å². The summed E-state index contributed by atoms with van der Waals surface area (Å²) in [6.45, 7) is 9.25. The zero-order valence-electron chi connectivity index (χ0n) is 25.2. The first-order valence-electron chi connectivity index (χ1n) is 15.4. The van der Waals surface area contributed by atoms with E-state index in [4.69, 9.17) is 4.98 Å². The zero-order chi connectivity index (χ0) is 29.5. The van der Waals surface area contributed by atoms with Crippen LogP contribution >= 0.6 is 0 Å². The monoisotopic (exact) mass is 566 g/mol. The molecule has 210 valence electrons. The van der Waals surface area contributed by atoms with E-state index in [-0.39, 0.29) is 10.8 Å². The highest BCUT2D eigenvalue weighted by Crippen LogP contribution is 2.49. The first kappa shape index (κ1) is 24.2. The molecule has 0 aliphatic carbocycles. The molecule has 4 heteroatoms. The van der Waals surface area contributed by atoms with E-state index in [1.165, 1.54) is 82.8 Å². The number of hydrogen-bond acceptors (Lipinski definition) is 2. The lowest BCUT2D eigenvalue weighted by molar-refractivity contribution is 0.606. The minimum absolute atomic E-state index is 0.102. The summed E-state index contributed by atoms with van der Waals surface area (Å²) in [5.74, 6) is 0. The second-order valence-electron chi connectivity index (χ2n) is 13.6. The highest BCUT2D eigenvalue weighted by Gasteiger charge is 2.37. The Labute approximate surface area is 255 Å². The zero-order valence-corrected chi connectivity index (χ0v) is 25.2. The van der Waals surface area contributed by atoms with Crippen molar-refractivity contribution in [2.75, 3.05) is 0 Å². The molecule has 6 heterocycles. The molecular weight excluding hydrogens is 536 g/mol. The topological polar surface area (TPSA) is 35.6 Å². The first-order chi connectivity index (χ1) is 21.4. The number of para-hydroxylation sites is 2. The van der Waals surface area contributed by atoms with Gasteiger partial charge in [0.05, 0.1) is 45.3 Å². The van der Waals surface area contributed by atoms with E-state index in [1.807, 2.05) is 18.6 Å².